The Morgan fingerprint density at radius 1 is 0.968 bits per heavy atom. The van der Waals surface area contributed by atoms with E-state index in [0.29, 0.717) is 11.4 Å². The van der Waals surface area contributed by atoms with Gasteiger partial charge in [0.15, 0.2) is 0 Å². The number of nitrogens with one attached hydrogen (secondary N) is 2. The van der Waals surface area contributed by atoms with Crippen molar-refractivity contribution in [2.75, 3.05) is 24.2 Å². The van der Waals surface area contributed by atoms with E-state index >= 15 is 0 Å². The molecule has 0 heterocycles. The fourth-order valence-electron chi connectivity index (χ4n) is 3.94. The standard InChI is InChI=1S/C25H25N3O3/c1-16-10-11-23(22(26)14-16)28-24(29)12-13-27-25(30)31-15-21-19-8-4-2-6-17(19)18-7-3-5-9-20(18)21/h2-11,14,21H,12-13,15,26H2,1H3,(H,27,30)(H,28,29). The number of carbonyl (C=O) groups is 2. The van der Waals surface area contributed by atoms with Crippen LogP contribution in [0.1, 0.15) is 29.0 Å². The van der Waals surface area contributed by atoms with Gasteiger partial charge in [-0.2, -0.15) is 0 Å². The van der Waals surface area contributed by atoms with Crippen molar-refractivity contribution < 1.29 is 14.3 Å². The quantitative estimate of drug-likeness (QED) is 0.519. The maximum Gasteiger partial charge on any atom is 0.407 e. The van der Waals surface area contributed by atoms with E-state index in [4.69, 9.17) is 10.5 Å². The molecule has 0 radical (unpaired) electrons. The number of nitrogens with two attached hydrogens (primary N) is 1. The topological polar surface area (TPSA) is 93.5 Å². The van der Waals surface area contributed by atoms with Gasteiger partial charge in [-0.05, 0) is 46.9 Å². The van der Waals surface area contributed by atoms with Crippen molar-refractivity contribution in [1.29, 1.82) is 0 Å². The minimum absolute atomic E-state index is 0.00552. The number of anilines is 2. The lowest BCUT2D eigenvalue weighted by Crippen LogP contribution is -2.29. The van der Waals surface area contributed by atoms with Gasteiger partial charge >= 0.3 is 6.09 Å². The van der Waals surface area contributed by atoms with E-state index in [1.54, 1.807) is 12.1 Å². The second-order valence-electron chi connectivity index (χ2n) is 7.64. The molecule has 3 aromatic rings. The number of carbonyl (C=O) groups excluding carboxylic acids is 2. The van der Waals surface area contributed by atoms with Crippen LogP contribution >= 0.6 is 0 Å². The molecule has 0 saturated heterocycles. The van der Waals surface area contributed by atoms with E-state index in [-0.39, 0.29) is 31.4 Å². The zero-order chi connectivity index (χ0) is 21.8. The van der Waals surface area contributed by atoms with Gasteiger partial charge in [0.1, 0.15) is 6.61 Å². The van der Waals surface area contributed by atoms with Crippen LogP contribution in [-0.2, 0) is 9.53 Å². The molecular weight excluding hydrogens is 390 g/mol. The van der Waals surface area contributed by atoms with Gasteiger partial charge in [-0.3, -0.25) is 4.79 Å². The minimum atomic E-state index is -0.537. The normalized spacial score (nSPS) is 12.0. The molecule has 6 nitrogen and oxygen atoms in total. The lowest BCUT2D eigenvalue weighted by Gasteiger charge is -2.14. The number of benzene rings is 3. The highest BCUT2D eigenvalue weighted by Gasteiger charge is 2.28. The SMILES string of the molecule is Cc1ccc(NC(=O)CCNC(=O)OCC2c3ccccc3-c3ccccc32)c(N)c1. The number of rotatable bonds is 6. The monoisotopic (exact) mass is 415 g/mol. The molecule has 1 aliphatic rings. The molecule has 0 aliphatic heterocycles. The number of fused-ring (bicyclic) bond motifs is 3. The molecule has 0 unspecified atom stereocenters. The van der Waals surface area contributed by atoms with E-state index in [0.717, 1.165) is 16.7 Å². The smallest absolute Gasteiger partial charge is 0.407 e. The maximum absolute atomic E-state index is 12.2. The van der Waals surface area contributed by atoms with Crippen LogP contribution in [-0.4, -0.2) is 25.2 Å². The van der Waals surface area contributed by atoms with Crippen LogP contribution < -0.4 is 16.4 Å². The molecule has 0 atom stereocenters. The van der Waals surface area contributed by atoms with E-state index in [2.05, 4.69) is 34.9 Å². The molecule has 4 rings (SSSR count). The van der Waals surface area contributed by atoms with Crippen molar-refractivity contribution >= 4 is 23.4 Å². The summed E-state index contributed by atoms with van der Waals surface area (Å²) < 4.78 is 5.47. The van der Waals surface area contributed by atoms with Crippen molar-refractivity contribution in [1.82, 2.24) is 5.32 Å². The van der Waals surface area contributed by atoms with Crippen LogP contribution in [0.3, 0.4) is 0 Å². The van der Waals surface area contributed by atoms with Crippen molar-refractivity contribution in [3.63, 3.8) is 0 Å². The molecular formula is C25H25N3O3. The summed E-state index contributed by atoms with van der Waals surface area (Å²) in [5.74, 6) is -0.222. The lowest BCUT2D eigenvalue weighted by molar-refractivity contribution is -0.116. The zero-order valence-electron chi connectivity index (χ0n) is 17.4. The number of hydrogen-bond acceptors (Lipinski definition) is 4. The van der Waals surface area contributed by atoms with Gasteiger partial charge in [-0.25, -0.2) is 4.79 Å². The third-order valence-corrected chi connectivity index (χ3v) is 5.45. The Kier molecular flexibility index (Phi) is 5.89. The summed E-state index contributed by atoms with van der Waals surface area (Å²) in [7, 11) is 0. The Hall–Kier alpha value is -3.80. The number of aryl methyl sites for hydroxylation is 1. The van der Waals surface area contributed by atoms with Gasteiger partial charge in [0.2, 0.25) is 5.91 Å². The average Bonchev–Trinajstić information content (AvgIpc) is 3.08. The highest BCUT2D eigenvalue weighted by atomic mass is 16.5. The van der Waals surface area contributed by atoms with E-state index < -0.39 is 6.09 Å². The average molecular weight is 415 g/mol. The van der Waals surface area contributed by atoms with Crippen LogP contribution in [0, 0.1) is 6.92 Å². The van der Waals surface area contributed by atoms with Gasteiger partial charge in [0.05, 0.1) is 11.4 Å². The molecule has 0 aromatic heterocycles. The van der Waals surface area contributed by atoms with Crippen LogP contribution in [0.2, 0.25) is 0 Å². The second-order valence-corrected chi connectivity index (χ2v) is 7.64. The summed E-state index contributed by atoms with van der Waals surface area (Å²) in [6.07, 6.45) is -0.415. The molecule has 0 saturated carbocycles. The maximum atomic E-state index is 12.2. The van der Waals surface area contributed by atoms with Gasteiger partial charge in [-0.1, -0.05) is 54.6 Å². The third-order valence-electron chi connectivity index (χ3n) is 5.45. The largest absolute Gasteiger partial charge is 0.449 e. The first-order chi connectivity index (χ1) is 15.0. The molecule has 2 amide bonds. The zero-order valence-corrected chi connectivity index (χ0v) is 17.4. The first-order valence-electron chi connectivity index (χ1n) is 10.3. The molecule has 158 valence electrons. The Balaban J connectivity index is 1.27. The second kappa shape index (κ2) is 8.92. The number of nitrogen functional groups attached to an aromatic ring is 1. The van der Waals surface area contributed by atoms with Crippen LogP contribution in [0.25, 0.3) is 11.1 Å². The van der Waals surface area contributed by atoms with Crippen molar-refractivity contribution in [2.45, 2.75) is 19.3 Å². The molecule has 4 N–H and O–H groups in total. The molecule has 0 fully saturated rings. The van der Waals surface area contributed by atoms with Crippen LogP contribution in [0.5, 0.6) is 0 Å². The number of alkyl carbamates (subject to hydrolysis) is 1. The third kappa shape index (κ3) is 4.53. The predicted molar refractivity (Wildman–Crippen MR) is 122 cm³/mol. The Morgan fingerprint density at radius 3 is 2.26 bits per heavy atom. The summed E-state index contributed by atoms with van der Waals surface area (Å²) >= 11 is 0. The summed E-state index contributed by atoms with van der Waals surface area (Å²) in [5.41, 5.74) is 12.7. The van der Waals surface area contributed by atoms with Crippen molar-refractivity contribution in [3.8, 4) is 11.1 Å². The number of hydrogen-bond donors (Lipinski definition) is 3. The molecule has 31 heavy (non-hydrogen) atoms. The Morgan fingerprint density at radius 2 is 1.61 bits per heavy atom. The number of amides is 2. The Bertz CT molecular complexity index is 1080. The van der Waals surface area contributed by atoms with Crippen molar-refractivity contribution in [3.05, 3.63) is 83.4 Å². The number of ether oxygens (including phenoxy) is 1. The summed E-state index contributed by atoms with van der Waals surface area (Å²) in [6.45, 7) is 2.35. The van der Waals surface area contributed by atoms with E-state index in [9.17, 15) is 9.59 Å². The molecule has 0 spiro atoms. The first-order valence-corrected chi connectivity index (χ1v) is 10.3. The summed E-state index contributed by atoms with van der Waals surface area (Å²) in [4.78, 5) is 24.3. The fraction of sp³-hybridized carbons (Fsp3) is 0.200. The first kappa shape index (κ1) is 20.5. The molecule has 6 heteroatoms. The Labute approximate surface area is 181 Å². The van der Waals surface area contributed by atoms with Gasteiger partial charge in [-0.15, -0.1) is 0 Å². The van der Waals surface area contributed by atoms with Gasteiger partial charge in [0, 0.05) is 18.9 Å². The van der Waals surface area contributed by atoms with E-state index in [1.807, 2.05) is 37.3 Å². The highest BCUT2D eigenvalue weighted by molar-refractivity contribution is 5.94. The van der Waals surface area contributed by atoms with Gasteiger partial charge in [0.25, 0.3) is 0 Å². The predicted octanol–water partition coefficient (Wildman–Crippen LogP) is 4.44. The minimum Gasteiger partial charge on any atom is -0.449 e. The van der Waals surface area contributed by atoms with Crippen molar-refractivity contribution in [2.24, 2.45) is 0 Å². The molecule has 1 aliphatic carbocycles. The van der Waals surface area contributed by atoms with Gasteiger partial charge < -0.3 is 21.1 Å². The summed E-state index contributed by atoms with van der Waals surface area (Å²) in [6, 6.07) is 21.8. The van der Waals surface area contributed by atoms with E-state index in [1.165, 1.54) is 11.1 Å². The van der Waals surface area contributed by atoms with Crippen LogP contribution in [0.4, 0.5) is 16.2 Å². The fourth-order valence-corrected chi connectivity index (χ4v) is 3.94. The molecule has 0 bridgehead atoms. The highest BCUT2D eigenvalue weighted by Crippen LogP contribution is 2.44. The molecule has 3 aromatic carbocycles. The summed E-state index contributed by atoms with van der Waals surface area (Å²) in [5, 5.41) is 5.40. The lowest BCUT2D eigenvalue weighted by atomic mass is 9.98. The van der Waals surface area contributed by atoms with Crippen LogP contribution in [0.15, 0.2) is 66.7 Å².